The highest BCUT2D eigenvalue weighted by Crippen LogP contribution is 2.16. The smallest absolute Gasteiger partial charge is 0.306 e. The Balaban J connectivity index is 4.32. The molecule has 0 amide bonds. The Labute approximate surface area is 336 Å². The fourth-order valence-electron chi connectivity index (χ4n) is 7.16. The van der Waals surface area contributed by atoms with Crippen molar-refractivity contribution >= 4 is 17.9 Å². The summed E-state index contributed by atoms with van der Waals surface area (Å²) in [6.45, 7) is 8.97. The van der Waals surface area contributed by atoms with Crippen LogP contribution in [0.5, 0.6) is 0 Å². The maximum Gasteiger partial charge on any atom is 0.306 e. The molecule has 320 valence electrons. The van der Waals surface area contributed by atoms with E-state index in [1.807, 2.05) is 0 Å². The lowest BCUT2D eigenvalue weighted by Gasteiger charge is -2.18. The van der Waals surface area contributed by atoms with E-state index in [0.29, 0.717) is 19.3 Å². The summed E-state index contributed by atoms with van der Waals surface area (Å²) in [4.78, 5) is 37.8. The number of carbonyl (C=O) groups excluding carboxylic acids is 3. The number of ether oxygens (including phenoxy) is 3. The third-order valence-corrected chi connectivity index (χ3v) is 10.8. The largest absolute Gasteiger partial charge is 0.462 e. The van der Waals surface area contributed by atoms with Crippen LogP contribution < -0.4 is 0 Å². The van der Waals surface area contributed by atoms with E-state index >= 15 is 0 Å². The second-order valence-corrected chi connectivity index (χ2v) is 16.9. The first-order valence-corrected chi connectivity index (χ1v) is 23.9. The van der Waals surface area contributed by atoms with E-state index in [1.54, 1.807) is 0 Å². The molecule has 1 atom stereocenters. The first-order valence-electron chi connectivity index (χ1n) is 23.9. The summed E-state index contributed by atoms with van der Waals surface area (Å²) in [6, 6.07) is 0. The molecule has 0 aliphatic rings. The van der Waals surface area contributed by atoms with Gasteiger partial charge in [-0.1, -0.05) is 227 Å². The number of rotatable bonds is 43. The van der Waals surface area contributed by atoms with Gasteiger partial charge in [0.1, 0.15) is 13.2 Å². The Morgan fingerprint density at radius 3 is 0.907 bits per heavy atom. The summed E-state index contributed by atoms with van der Waals surface area (Å²) >= 11 is 0. The van der Waals surface area contributed by atoms with Gasteiger partial charge in [-0.3, -0.25) is 14.4 Å². The zero-order valence-electron chi connectivity index (χ0n) is 36.7. The monoisotopic (exact) mass is 765 g/mol. The number of hydrogen-bond acceptors (Lipinski definition) is 6. The number of hydrogen-bond donors (Lipinski definition) is 0. The van der Waals surface area contributed by atoms with Crippen LogP contribution in [0.15, 0.2) is 0 Å². The highest BCUT2D eigenvalue weighted by Gasteiger charge is 2.19. The average Bonchev–Trinajstić information content (AvgIpc) is 3.15. The molecule has 0 aliphatic carbocycles. The Bertz CT molecular complexity index is 811. The molecule has 0 aromatic rings. The Hall–Kier alpha value is -1.59. The predicted molar refractivity (Wildman–Crippen MR) is 229 cm³/mol. The standard InChI is InChI=1S/C48H92O6/c1-5-7-9-11-13-15-17-19-21-23-28-32-36-40-47(50)53-43-45(54-48(51)41-37-33-29-25-24-26-30-34-38-44(3)4)42-52-46(49)39-35-31-27-22-20-18-16-14-12-10-8-6-2/h44-45H,5-43H2,1-4H3/t45-/m0/s1. The van der Waals surface area contributed by atoms with E-state index in [0.717, 1.165) is 63.7 Å². The summed E-state index contributed by atoms with van der Waals surface area (Å²) in [6.07, 6.45) is 42.3. The second-order valence-electron chi connectivity index (χ2n) is 16.9. The molecule has 0 saturated heterocycles. The number of esters is 3. The Kier molecular flexibility index (Phi) is 41.3. The lowest BCUT2D eigenvalue weighted by Crippen LogP contribution is -2.30. The van der Waals surface area contributed by atoms with Gasteiger partial charge < -0.3 is 14.2 Å². The molecule has 54 heavy (non-hydrogen) atoms. The highest BCUT2D eigenvalue weighted by molar-refractivity contribution is 5.71. The lowest BCUT2D eigenvalue weighted by molar-refractivity contribution is -0.167. The molecular weight excluding hydrogens is 673 g/mol. The van der Waals surface area contributed by atoms with Crippen LogP contribution >= 0.6 is 0 Å². The van der Waals surface area contributed by atoms with Gasteiger partial charge in [-0.25, -0.2) is 0 Å². The normalized spacial score (nSPS) is 11.9. The quantitative estimate of drug-likeness (QED) is 0.0349. The van der Waals surface area contributed by atoms with Crippen LogP contribution in [0.4, 0.5) is 0 Å². The maximum absolute atomic E-state index is 12.7. The Morgan fingerprint density at radius 2 is 0.611 bits per heavy atom. The van der Waals surface area contributed by atoms with Crippen molar-refractivity contribution in [1.29, 1.82) is 0 Å². The third kappa shape index (κ3) is 41.6. The zero-order chi connectivity index (χ0) is 39.6. The van der Waals surface area contributed by atoms with Crippen LogP contribution in [-0.4, -0.2) is 37.2 Å². The first kappa shape index (κ1) is 52.4. The van der Waals surface area contributed by atoms with Crippen molar-refractivity contribution in [2.24, 2.45) is 5.92 Å². The van der Waals surface area contributed by atoms with Gasteiger partial charge in [0.25, 0.3) is 0 Å². The topological polar surface area (TPSA) is 78.9 Å². The molecule has 6 heteroatoms. The van der Waals surface area contributed by atoms with Crippen molar-refractivity contribution in [3.63, 3.8) is 0 Å². The summed E-state index contributed by atoms with van der Waals surface area (Å²) in [5, 5.41) is 0. The van der Waals surface area contributed by atoms with Crippen molar-refractivity contribution in [3.05, 3.63) is 0 Å². The van der Waals surface area contributed by atoms with Crippen molar-refractivity contribution < 1.29 is 28.6 Å². The molecule has 0 radical (unpaired) electrons. The Morgan fingerprint density at radius 1 is 0.352 bits per heavy atom. The van der Waals surface area contributed by atoms with Crippen molar-refractivity contribution in [2.45, 2.75) is 271 Å². The molecule has 0 rings (SSSR count). The summed E-state index contributed by atoms with van der Waals surface area (Å²) in [5.74, 6) is -0.0588. The number of carbonyl (C=O) groups is 3. The molecule has 0 heterocycles. The molecule has 6 nitrogen and oxygen atoms in total. The average molecular weight is 765 g/mol. The van der Waals surface area contributed by atoms with Gasteiger partial charge in [-0.05, 0) is 25.2 Å². The van der Waals surface area contributed by atoms with Gasteiger partial charge in [-0.2, -0.15) is 0 Å². The van der Waals surface area contributed by atoms with E-state index in [-0.39, 0.29) is 31.1 Å². The van der Waals surface area contributed by atoms with Crippen molar-refractivity contribution in [2.75, 3.05) is 13.2 Å². The van der Waals surface area contributed by atoms with Crippen molar-refractivity contribution in [1.82, 2.24) is 0 Å². The molecule has 0 spiro atoms. The van der Waals surface area contributed by atoms with Crippen LogP contribution in [0.2, 0.25) is 0 Å². The van der Waals surface area contributed by atoms with Crippen molar-refractivity contribution in [3.8, 4) is 0 Å². The predicted octanol–water partition coefficient (Wildman–Crippen LogP) is 15.1. The molecule has 0 unspecified atom stereocenters. The summed E-state index contributed by atoms with van der Waals surface area (Å²) in [5.41, 5.74) is 0. The molecule has 0 fully saturated rings. The maximum atomic E-state index is 12.7. The van der Waals surface area contributed by atoms with Crippen LogP contribution in [0.1, 0.15) is 265 Å². The lowest BCUT2D eigenvalue weighted by atomic mass is 10.0. The van der Waals surface area contributed by atoms with E-state index in [9.17, 15) is 14.4 Å². The molecule has 0 bridgehead atoms. The van der Waals surface area contributed by atoms with E-state index in [4.69, 9.17) is 14.2 Å². The summed E-state index contributed by atoms with van der Waals surface area (Å²) < 4.78 is 16.7. The van der Waals surface area contributed by atoms with E-state index < -0.39 is 6.10 Å². The van der Waals surface area contributed by atoms with Crippen LogP contribution in [0.3, 0.4) is 0 Å². The molecule has 0 aromatic heterocycles. The van der Waals surface area contributed by atoms with Gasteiger partial charge in [0.15, 0.2) is 6.10 Å². The molecule has 0 saturated carbocycles. The molecule has 0 aromatic carbocycles. The summed E-state index contributed by atoms with van der Waals surface area (Å²) in [7, 11) is 0. The fourth-order valence-corrected chi connectivity index (χ4v) is 7.16. The van der Waals surface area contributed by atoms with Crippen LogP contribution in [-0.2, 0) is 28.6 Å². The van der Waals surface area contributed by atoms with E-state index in [2.05, 4.69) is 27.7 Å². The number of unbranched alkanes of at least 4 members (excludes halogenated alkanes) is 30. The first-order chi connectivity index (χ1) is 26.4. The van der Waals surface area contributed by atoms with E-state index in [1.165, 1.54) is 161 Å². The van der Waals surface area contributed by atoms with Gasteiger partial charge in [0.05, 0.1) is 0 Å². The SMILES string of the molecule is CCCCCCCCCCCCCCCC(=O)OC[C@H](COC(=O)CCCCCCCCCCCCCC)OC(=O)CCCCCCCCCCC(C)C. The van der Waals surface area contributed by atoms with Gasteiger partial charge >= 0.3 is 17.9 Å². The van der Waals surface area contributed by atoms with Gasteiger partial charge in [0, 0.05) is 19.3 Å². The van der Waals surface area contributed by atoms with Gasteiger partial charge in [-0.15, -0.1) is 0 Å². The van der Waals surface area contributed by atoms with Gasteiger partial charge in [0.2, 0.25) is 0 Å². The third-order valence-electron chi connectivity index (χ3n) is 10.8. The minimum atomic E-state index is -0.759. The zero-order valence-corrected chi connectivity index (χ0v) is 36.7. The second kappa shape index (κ2) is 42.6. The fraction of sp³-hybridized carbons (Fsp3) is 0.938. The minimum absolute atomic E-state index is 0.0638. The van der Waals surface area contributed by atoms with Crippen LogP contribution in [0, 0.1) is 5.92 Å². The molecular formula is C48H92O6. The highest BCUT2D eigenvalue weighted by atomic mass is 16.6. The molecule has 0 N–H and O–H groups in total. The van der Waals surface area contributed by atoms with Crippen LogP contribution in [0.25, 0.3) is 0 Å². The minimum Gasteiger partial charge on any atom is -0.462 e. The molecule has 0 aliphatic heterocycles.